The number of piperazine rings is 1. The molecule has 1 aliphatic rings. The number of aromatic nitrogens is 2. The average molecular weight is 343 g/mol. The van der Waals surface area contributed by atoms with Crippen LogP contribution in [0, 0.1) is 0 Å². The summed E-state index contributed by atoms with van der Waals surface area (Å²) in [5.74, 6) is 0. The molecule has 5 nitrogen and oxygen atoms in total. The van der Waals surface area contributed by atoms with E-state index in [1.165, 1.54) is 5.69 Å². The fourth-order valence-corrected chi connectivity index (χ4v) is 3.97. The van der Waals surface area contributed by atoms with E-state index >= 15 is 0 Å². The number of benzene rings is 1. The van der Waals surface area contributed by atoms with E-state index in [9.17, 15) is 0 Å². The molecular formula is C16H17N5S2. The van der Waals surface area contributed by atoms with Crippen molar-refractivity contribution < 1.29 is 0 Å². The fourth-order valence-electron chi connectivity index (χ4n) is 2.58. The lowest BCUT2D eigenvalue weighted by molar-refractivity contribution is 0.589. The smallest absolute Gasteiger partial charge is 0.187 e. The summed E-state index contributed by atoms with van der Waals surface area (Å²) >= 11 is 3.21. The van der Waals surface area contributed by atoms with E-state index in [4.69, 9.17) is 0 Å². The molecule has 1 aromatic carbocycles. The second-order valence-corrected chi connectivity index (χ2v) is 7.04. The molecular weight excluding hydrogens is 326 g/mol. The van der Waals surface area contributed by atoms with E-state index in [0.29, 0.717) is 0 Å². The molecule has 0 atom stereocenters. The molecule has 0 saturated carbocycles. The molecule has 2 aromatic heterocycles. The second-order valence-electron chi connectivity index (χ2n) is 5.28. The first-order valence-electron chi connectivity index (χ1n) is 7.57. The van der Waals surface area contributed by atoms with Gasteiger partial charge in [0.2, 0.25) is 0 Å². The SMILES string of the molecule is c1csc(-c2csc(Nc3ccc(N4CCNCC4)cc3)n2)n1. The Labute approximate surface area is 143 Å². The van der Waals surface area contributed by atoms with Crippen LogP contribution in [0.2, 0.25) is 0 Å². The maximum Gasteiger partial charge on any atom is 0.187 e. The minimum Gasteiger partial charge on any atom is -0.369 e. The van der Waals surface area contributed by atoms with Crippen molar-refractivity contribution in [3.63, 3.8) is 0 Å². The van der Waals surface area contributed by atoms with E-state index in [2.05, 4.69) is 49.8 Å². The molecule has 0 bridgehead atoms. The van der Waals surface area contributed by atoms with E-state index in [0.717, 1.165) is 47.7 Å². The lowest BCUT2D eigenvalue weighted by atomic mass is 10.2. The predicted octanol–water partition coefficient (Wildman–Crippen LogP) is 3.42. The zero-order chi connectivity index (χ0) is 15.5. The summed E-state index contributed by atoms with van der Waals surface area (Å²) < 4.78 is 0. The van der Waals surface area contributed by atoms with Gasteiger partial charge in [-0.15, -0.1) is 22.7 Å². The number of anilines is 3. The first-order valence-corrected chi connectivity index (χ1v) is 9.32. The monoisotopic (exact) mass is 343 g/mol. The van der Waals surface area contributed by atoms with Crippen LogP contribution in [0.3, 0.4) is 0 Å². The van der Waals surface area contributed by atoms with Gasteiger partial charge in [0.25, 0.3) is 0 Å². The molecule has 1 aliphatic heterocycles. The zero-order valence-corrected chi connectivity index (χ0v) is 14.2. The van der Waals surface area contributed by atoms with Gasteiger partial charge in [-0.3, -0.25) is 0 Å². The number of nitrogens with zero attached hydrogens (tertiary/aromatic N) is 3. The van der Waals surface area contributed by atoms with E-state index in [-0.39, 0.29) is 0 Å². The molecule has 118 valence electrons. The van der Waals surface area contributed by atoms with Crippen LogP contribution in [0.25, 0.3) is 10.7 Å². The Morgan fingerprint density at radius 1 is 1.09 bits per heavy atom. The van der Waals surface area contributed by atoms with Crippen molar-refractivity contribution in [2.75, 3.05) is 36.4 Å². The van der Waals surface area contributed by atoms with Crippen LogP contribution in [0.1, 0.15) is 0 Å². The lowest BCUT2D eigenvalue weighted by Gasteiger charge is -2.29. The molecule has 3 heterocycles. The number of hydrogen-bond acceptors (Lipinski definition) is 7. The third-order valence-electron chi connectivity index (χ3n) is 3.76. The van der Waals surface area contributed by atoms with Gasteiger partial charge in [-0.05, 0) is 24.3 Å². The van der Waals surface area contributed by atoms with E-state index in [1.807, 2.05) is 10.8 Å². The van der Waals surface area contributed by atoms with Crippen molar-refractivity contribution in [2.24, 2.45) is 0 Å². The van der Waals surface area contributed by atoms with Crippen LogP contribution in [-0.4, -0.2) is 36.1 Å². The Morgan fingerprint density at radius 2 is 1.91 bits per heavy atom. The minimum atomic E-state index is 0.894. The van der Waals surface area contributed by atoms with Gasteiger partial charge in [0, 0.05) is 54.5 Å². The second kappa shape index (κ2) is 6.66. The Balaban J connectivity index is 1.44. The third-order valence-corrected chi connectivity index (χ3v) is 5.31. The Hall–Kier alpha value is -1.96. The molecule has 0 aliphatic carbocycles. The summed E-state index contributed by atoms with van der Waals surface area (Å²) in [6.45, 7) is 4.24. The number of rotatable bonds is 4. The highest BCUT2D eigenvalue weighted by molar-refractivity contribution is 7.15. The van der Waals surface area contributed by atoms with Crippen LogP contribution in [-0.2, 0) is 0 Å². The first kappa shape index (κ1) is 14.6. The van der Waals surface area contributed by atoms with Crippen LogP contribution >= 0.6 is 22.7 Å². The molecule has 3 aromatic rings. The van der Waals surface area contributed by atoms with Crippen molar-refractivity contribution in [3.05, 3.63) is 41.2 Å². The van der Waals surface area contributed by atoms with E-state index in [1.54, 1.807) is 28.9 Å². The third kappa shape index (κ3) is 3.36. The normalized spacial score (nSPS) is 14.9. The Kier molecular flexibility index (Phi) is 4.23. The number of nitrogens with one attached hydrogen (secondary N) is 2. The summed E-state index contributed by atoms with van der Waals surface area (Å²) in [5.41, 5.74) is 3.27. The van der Waals surface area contributed by atoms with Crippen LogP contribution in [0.4, 0.5) is 16.5 Å². The van der Waals surface area contributed by atoms with E-state index < -0.39 is 0 Å². The molecule has 1 saturated heterocycles. The minimum absolute atomic E-state index is 0.894. The standard InChI is InChI=1S/C16H17N5S2/c1-3-13(21-8-5-17-6-9-21)4-2-12(1)19-16-20-14(11-23-16)15-18-7-10-22-15/h1-4,7,10-11,17H,5-6,8-9H2,(H,19,20). The Morgan fingerprint density at radius 3 is 2.65 bits per heavy atom. The fraction of sp³-hybridized carbons (Fsp3) is 0.250. The van der Waals surface area contributed by atoms with Crippen molar-refractivity contribution >= 4 is 39.2 Å². The topological polar surface area (TPSA) is 53.1 Å². The lowest BCUT2D eigenvalue weighted by Crippen LogP contribution is -2.43. The van der Waals surface area contributed by atoms with Crippen molar-refractivity contribution in [1.29, 1.82) is 0 Å². The maximum atomic E-state index is 4.60. The van der Waals surface area contributed by atoms with Gasteiger partial charge in [0.1, 0.15) is 10.7 Å². The first-order chi connectivity index (χ1) is 11.4. The highest BCUT2D eigenvalue weighted by Crippen LogP contribution is 2.28. The summed E-state index contributed by atoms with van der Waals surface area (Å²) in [5, 5.41) is 12.6. The summed E-state index contributed by atoms with van der Waals surface area (Å²) in [6, 6.07) is 8.57. The van der Waals surface area contributed by atoms with Crippen molar-refractivity contribution in [1.82, 2.24) is 15.3 Å². The van der Waals surface area contributed by atoms with Gasteiger partial charge in [0.15, 0.2) is 5.13 Å². The molecule has 23 heavy (non-hydrogen) atoms. The summed E-state index contributed by atoms with van der Waals surface area (Å²) in [7, 11) is 0. The van der Waals surface area contributed by atoms with Gasteiger partial charge < -0.3 is 15.5 Å². The van der Waals surface area contributed by atoms with Gasteiger partial charge in [-0.2, -0.15) is 0 Å². The van der Waals surface area contributed by atoms with Gasteiger partial charge in [-0.25, -0.2) is 9.97 Å². The average Bonchev–Trinajstić information content (AvgIpc) is 3.28. The molecule has 0 amide bonds. The molecule has 4 rings (SSSR count). The molecule has 2 N–H and O–H groups in total. The highest BCUT2D eigenvalue weighted by Gasteiger charge is 2.10. The predicted molar refractivity (Wildman–Crippen MR) is 98.0 cm³/mol. The summed E-state index contributed by atoms with van der Waals surface area (Å²) in [4.78, 5) is 11.3. The maximum absolute atomic E-state index is 4.60. The number of thiazole rings is 2. The van der Waals surface area contributed by atoms with Gasteiger partial charge >= 0.3 is 0 Å². The van der Waals surface area contributed by atoms with Crippen molar-refractivity contribution in [3.8, 4) is 10.7 Å². The zero-order valence-electron chi connectivity index (χ0n) is 12.5. The summed E-state index contributed by atoms with van der Waals surface area (Å²) in [6.07, 6.45) is 1.81. The van der Waals surface area contributed by atoms with Crippen molar-refractivity contribution in [2.45, 2.75) is 0 Å². The van der Waals surface area contributed by atoms with Gasteiger partial charge in [0.05, 0.1) is 0 Å². The molecule has 7 heteroatoms. The van der Waals surface area contributed by atoms with Crippen LogP contribution in [0.5, 0.6) is 0 Å². The molecule has 0 unspecified atom stereocenters. The van der Waals surface area contributed by atoms with Crippen LogP contribution < -0.4 is 15.5 Å². The molecule has 0 radical (unpaired) electrons. The van der Waals surface area contributed by atoms with Gasteiger partial charge in [-0.1, -0.05) is 0 Å². The highest BCUT2D eigenvalue weighted by atomic mass is 32.1. The molecule has 0 spiro atoms. The largest absolute Gasteiger partial charge is 0.369 e. The Bertz CT molecular complexity index is 745. The number of hydrogen-bond donors (Lipinski definition) is 2. The van der Waals surface area contributed by atoms with Crippen LogP contribution in [0.15, 0.2) is 41.2 Å². The molecule has 1 fully saturated rings. The quantitative estimate of drug-likeness (QED) is 0.760.